The Bertz CT molecular complexity index is 460. The van der Waals surface area contributed by atoms with Gasteiger partial charge in [0.25, 0.3) is 0 Å². The number of rotatable bonds is 7. The molecule has 0 amide bonds. The number of ether oxygens (including phenoxy) is 2. The van der Waals surface area contributed by atoms with Crippen molar-refractivity contribution in [3.8, 4) is 5.75 Å². The molecule has 0 fully saturated rings. The molecule has 0 saturated heterocycles. The number of nitrogens with zero attached hydrogens (tertiary/aromatic N) is 1. The van der Waals surface area contributed by atoms with Gasteiger partial charge in [-0.3, -0.25) is 14.9 Å². The Morgan fingerprint density at radius 2 is 2.21 bits per heavy atom. The van der Waals surface area contributed by atoms with Crippen LogP contribution in [0.3, 0.4) is 0 Å². The third kappa shape index (κ3) is 4.55. The van der Waals surface area contributed by atoms with Crippen molar-refractivity contribution in [1.82, 2.24) is 0 Å². The minimum Gasteiger partial charge on any atom is -0.487 e. The molecule has 0 aromatic heterocycles. The molecule has 19 heavy (non-hydrogen) atoms. The summed E-state index contributed by atoms with van der Waals surface area (Å²) >= 11 is 0. The van der Waals surface area contributed by atoms with Gasteiger partial charge in [-0.15, -0.1) is 0 Å². The van der Waals surface area contributed by atoms with Gasteiger partial charge in [-0.1, -0.05) is 0 Å². The van der Waals surface area contributed by atoms with E-state index in [-0.39, 0.29) is 37.0 Å². The Balaban J connectivity index is 2.64. The monoisotopic (exact) mass is 269 g/mol. The zero-order valence-corrected chi connectivity index (χ0v) is 10.5. The number of nitro groups is 1. The number of carbonyl (C=O) groups excluding carboxylic acids is 1. The van der Waals surface area contributed by atoms with Gasteiger partial charge in [0.2, 0.25) is 0 Å². The molecule has 0 aliphatic heterocycles. The summed E-state index contributed by atoms with van der Waals surface area (Å²) in [6.45, 7) is -0.0681. The topological polar surface area (TPSA) is 98.9 Å². The normalized spacial score (nSPS) is 10.0. The van der Waals surface area contributed by atoms with E-state index >= 15 is 0 Å². The van der Waals surface area contributed by atoms with Crippen LogP contribution in [0.5, 0.6) is 5.75 Å². The third-order valence-corrected chi connectivity index (χ3v) is 2.41. The van der Waals surface area contributed by atoms with Crippen LogP contribution in [-0.2, 0) is 16.1 Å². The fraction of sp³-hybridized carbons (Fsp3) is 0.417. The molecular weight excluding hydrogens is 254 g/mol. The molecule has 7 nitrogen and oxygen atoms in total. The number of benzene rings is 1. The van der Waals surface area contributed by atoms with Crippen LogP contribution >= 0.6 is 0 Å². The molecule has 104 valence electrons. The highest BCUT2D eigenvalue weighted by atomic mass is 16.6. The van der Waals surface area contributed by atoms with Gasteiger partial charge < -0.3 is 14.6 Å². The molecule has 0 spiro atoms. The maximum atomic E-state index is 10.9. The highest BCUT2D eigenvalue weighted by Crippen LogP contribution is 2.28. The molecule has 0 unspecified atom stereocenters. The minimum atomic E-state index is -0.559. The first-order valence-electron chi connectivity index (χ1n) is 5.66. The number of aliphatic hydroxyl groups excluding tert-OH is 1. The molecule has 1 aromatic carbocycles. The maximum Gasteiger partial charge on any atom is 0.310 e. The molecule has 0 radical (unpaired) electrons. The van der Waals surface area contributed by atoms with Gasteiger partial charge in [0, 0.05) is 12.5 Å². The van der Waals surface area contributed by atoms with Gasteiger partial charge in [0.05, 0.1) is 25.2 Å². The van der Waals surface area contributed by atoms with Gasteiger partial charge >= 0.3 is 11.7 Å². The van der Waals surface area contributed by atoms with E-state index in [0.29, 0.717) is 12.0 Å². The van der Waals surface area contributed by atoms with E-state index in [4.69, 9.17) is 9.84 Å². The second-order valence-corrected chi connectivity index (χ2v) is 3.75. The smallest absolute Gasteiger partial charge is 0.310 e. The molecule has 0 bridgehead atoms. The lowest BCUT2D eigenvalue weighted by molar-refractivity contribution is -0.385. The highest BCUT2D eigenvalue weighted by molar-refractivity contribution is 5.69. The van der Waals surface area contributed by atoms with Crippen LogP contribution in [0.2, 0.25) is 0 Å². The summed E-state index contributed by atoms with van der Waals surface area (Å²) in [7, 11) is 1.29. The van der Waals surface area contributed by atoms with Crippen LogP contribution < -0.4 is 4.74 Å². The molecule has 1 rings (SSSR count). The predicted octanol–water partition coefficient (Wildman–Crippen LogP) is 1.42. The molecule has 0 aliphatic rings. The molecule has 1 aromatic rings. The molecule has 7 heteroatoms. The van der Waals surface area contributed by atoms with Crippen LogP contribution in [0, 0.1) is 10.1 Å². The summed E-state index contributed by atoms with van der Waals surface area (Å²) in [5.41, 5.74) is 0.351. The first kappa shape index (κ1) is 14.9. The fourth-order valence-corrected chi connectivity index (χ4v) is 1.42. The minimum absolute atomic E-state index is 0.0846. The number of carbonyl (C=O) groups is 1. The Hall–Kier alpha value is -2.15. The Labute approximate surface area is 109 Å². The van der Waals surface area contributed by atoms with Gasteiger partial charge in [-0.2, -0.15) is 0 Å². The second-order valence-electron chi connectivity index (χ2n) is 3.75. The van der Waals surface area contributed by atoms with Gasteiger partial charge in [0.1, 0.15) is 0 Å². The Kier molecular flexibility index (Phi) is 5.74. The zero-order valence-electron chi connectivity index (χ0n) is 10.5. The summed E-state index contributed by atoms with van der Waals surface area (Å²) in [5.74, 6) is -0.274. The first-order valence-corrected chi connectivity index (χ1v) is 5.66. The Morgan fingerprint density at radius 3 is 2.79 bits per heavy atom. The van der Waals surface area contributed by atoms with Crippen LogP contribution in [0.4, 0.5) is 5.69 Å². The molecule has 0 saturated carbocycles. The van der Waals surface area contributed by atoms with Crippen LogP contribution in [0.15, 0.2) is 18.2 Å². The van der Waals surface area contributed by atoms with Crippen molar-refractivity contribution in [2.45, 2.75) is 19.4 Å². The van der Waals surface area contributed by atoms with Crippen molar-refractivity contribution in [2.24, 2.45) is 0 Å². The van der Waals surface area contributed by atoms with Gasteiger partial charge in [0.15, 0.2) is 5.75 Å². The third-order valence-electron chi connectivity index (χ3n) is 2.41. The van der Waals surface area contributed by atoms with E-state index in [1.54, 1.807) is 0 Å². The summed E-state index contributed by atoms with van der Waals surface area (Å²) in [6, 6.07) is 4.15. The van der Waals surface area contributed by atoms with E-state index in [2.05, 4.69) is 4.74 Å². The molecule has 0 atom stereocenters. The summed E-state index contributed by atoms with van der Waals surface area (Å²) in [5, 5.41) is 19.8. The van der Waals surface area contributed by atoms with Gasteiger partial charge in [-0.05, 0) is 24.1 Å². The lowest BCUT2D eigenvalue weighted by Gasteiger charge is -2.07. The van der Waals surface area contributed by atoms with E-state index in [1.165, 1.54) is 25.3 Å². The maximum absolute atomic E-state index is 10.9. The zero-order chi connectivity index (χ0) is 14.3. The SMILES string of the molecule is COC(=O)CCCOc1cc(CO)ccc1[N+](=O)[O-]. The number of hydrogen-bond donors (Lipinski definition) is 1. The number of aliphatic hydroxyl groups is 1. The first-order chi connectivity index (χ1) is 9.08. The van der Waals surface area contributed by atoms with Crippen LogP contribution in [-0.4, -0.2) is 29.7 Å². The highest BCUT2D eigenvalue weighted by Gasteiger charge is 2.15. The standard InChI is InChI=1S/C12H15NO6/c1-18-12(15)3-2-6-19-11-7-9(8-14)4-5-10(11)13(16)17/h4-5,7,14H,2-3,6,8H2,1H3. The average Bonchev–Trinajstić information content (AvgIpc) is 2.42. The lowest BCUT2D eigenvalue weighted by atomic mass is 10.2. The number of methoxy groups -OCH3 is 1. The fourth-order valence-electron chi connectivity index (χ4n) is 1.42. The summed E-state index contributed by atoms with van der Waals surface area (Å²) in [4.78, 5) is 21.1. The number of nitro benzene ring substituents is 1. The van der Waals surface area contributed by atoms with Gasteiger partial charge in [-0.25, -0.2) is 0 Å². The average molecular weight is 269 g/mol. The van der Waals surface area contributed by atoms with Crippen molar-refractivity contribution in [2.75, 3.05) is 13.7 Å². The van der Waals surface area contributed by atoms with Crippen molar-refractivity contribution in [1.29, 1.82) is 0 Å². The van der Waals surface area contributed by atoms with E-state index in [9.17, 15) is 14.9 Å². The Morgan fingerprint density at radius 1 is 1.47 bits per heavy atom. The van der Waals surface area contributed by atoms with E-state index in [0.717, 1.165) is 0 Å². The molecule has 0 heterocycles. The van der Waals surface area contributed by atoms with Crippen molar-refractivity contribution in [3.05, 3.63) is 33.9 Å². The van der Waals surface area contributed by atoms with Crippen molar-refractivity contribution < 1.29 is 24.3 Å². The number of hydrogen-bond acceptors (Lipinski definition) is 6. The molecular formula is C12H15NO6. The molecule has 0 aliphatic carbocycles. The largest absolute Gasteiger partial charge is 0.487 e. The second kappa shape index (κ2) is 7.32. The quantitative estimate of drug-likeness (QED) is 0.348. The summed E-state index contributed by atoms with van der Waals surface area (Å²) < 4.78 is 9.74. The van der Waals surface area contributed by atoms with Crippen molar-refractivity contribution in [3.63, 3.8) is 0 Å². The van der Waals surface area contributed by atoms with E-state index < -0.39 is 4.92 Å². The van der Waals surface area contributed by atoms with Crippen LogP contribution in [0.25, 0.3) is 0 Å². The molecule has 1 N–H and O–H groups in total. The van der Waals surface area contributed by atoms with E-state index in [1.807, 2.05) is 0 Å². The van der Waals surface area contributed by atoms with Crippen LogP contribution in [0.1, 0.15) is 18.4 Å². The summed E-state index contributed by atoms with van der Waals surface area (Å²) in [6.07, 6.45) is 0.581. The predicted molar refractivity (Wildman–Crippen MR) is 65.8 cm³/mol. The number of esters is 1. The van der Waals surface area contributed by atoms with Crippen molar-refractivity contribution >= 4 is 11.7 Å². The lowest BCUT2D eigenvalue weighted by Crippen LogP contribution is -2.06.